The number of para-hydroxylation sites is 2. The summed E-state index contributed by atoms with van der Waals surface area (Å²) in [5, 5.41) is 0.667. The highest BCUT2D eigenvalue weighted by Crippen LogP contribution is 2.31. The molecular weight excluding hydrogens is 326 g/mol. The van der Waals surface area contributed by atoms with Crippen LogP contribution in [0, 0.1) is 0 Å². The van der Waals surface area contributed by atoms with Gasteiger partial charge in [0.1, 0.15) is 5.75 Å². The Bertz CT molecular complexity index is 849. The average Bonchev–Trinajstić information content (AvgIpc) is 2.64. The Hall–Kier alpha value is -2.37. The molecule has 122 valence electrons. The van der Waals surface area contributed by atoms with Gasteiger partial charge in [0.05, 0.1) is 24.2 Å². The van der Waals surface area contributed by atoms with Gasteiger partial charge in [-0.3, -0.25) is 0 Å². The maximum Gasteiger partial charge on any atom is 0.263 e. The summed E-state index contributed by atoms with van der Waals surface area (Å²) < 4.78 is 11.4. The van der Waals surface area contributed by atoms with E-state index in [1.165, 1.54) is 0 Å². The van der Waals surface area contributed by atoms with Gasteiger partial charge in [-0.2, -0.15) is 0 Å². The maximum atomic E-state index is 6.01. The number of anilines is 1. The quantitative estimate of drug-likeness (QED) is 0.722. The Morgan fingerprint density at radius 2 is 1.58 bits per heavy atom. The number of benzene rings is 2. The van der Waals surface area contributed by atoms with E-state index in [1.807, 2.05) is 36.4 Å². The zero-order valence-electron chi connectivity index (χ0n) is 13.0. The topological polar surface area (TPSA) is 47.5 Å². The Morgan fingerprint density at radius 1 is 0.917 bits per heavy atom. The minimum atomic E-state index is 0.498. The molecule has 0 bridgehead atoms. The fraction of sp³-hybridized carbons (Fsp3) is 0.222. The summed E-state index contributed by atoms with van der Waals surface area (Å²) in [5.74, 6) is 1.92. The SMILES string of the molecule is Clc1ccc(Oc2nc3ccccc3nc2N2CCOCC2)cc1. The standard InChI is InChI=1S/C18H16ClN3O2/c19-13-5-7-14(8-6-13)24-18-17(22-9-11-23-12-10-22)20-15-3-1-2-4-16(15)21-18/h1-8H,9-12H2. The van der Waals surface area contributed by atoms with Crippen LogP contribution in [0.25, 0.3) is 11.0 Å². The van der Waals surface area contributed by atoms with Gasteiger partial charge in [0.2, 0.25) is 0 Å². The lowest BCUT2D eigenvalue weighted by Gasteiger charge is -2.28. The van der Waals surface area contributed by atoms with Crippen LogP contribution in [0.1, 0.15) is 0 Å². The van der Waals surface area contributed by atoms with Crippen molar-refractivity contribution in [3.8, 4) is 11.6 Å². The van der Waals surface area contributed by atoms with E-state index in [-0.39, 0.29) is 0 Å². The fourth-order valence-corrected chi connectivity index (χ4v) is 2.76. The molecule has 4 rings (SSSR count). The molecule has 0 radical (unpaired) electrons. The number of fused-ring (bicyclic) bond motifs is 1. The van der Waals surface area contributed by atoms with E-state index >= 15 is 0 Å². The maximum absolute atomic E-state index is 6.01. The van der Waals surface area contributed by atoms with Crippen LogP contribution < -0.4 is 9.64 Å². The molecule has 24 heavy (non-hydrogen) atoms. The van der Waals surface area contributed by atoms with Crippen LogP contribution >= 0.6 is 11.6 Å². The van der Waals surface area contributed by atoms with Crippen molar-refractivity contribution in [2.45, 2.75) is 0 Å². The summed E-state index contributed by atoms with van der Waals surface area (Å²) in [4.78, 5) is 11.6. The number of halogens is 1. The summed E-state index contributed by atoms with van der Waals surface area (Å²) in [7, 11) is 0. The van der Waals surface area contributed by atoms with E-state index in [2.05, 4.69) is 9.88 Å². The average molecular weight is 342 g/mol. The van der Waals surface area contributed by atoms with Crippen LogP contribution in [0.15, 0.2) is 48.5 Å². The van der Waals surface area contributed by atoms with E-state index < -0.39 is 0 Å². The number of ether oxygens (including phenoxy) is 2. The van der Waals surface area contributed by atoms with Gasteiger partial charge in [0, 0.05) is 18.1 Å². The van der Waals surface area contributed by atoms with Gasteiger partial charge in [-0.1, -0.05) is 23.7 Å². The molecule has 1 aliphatic heterocycles. The van der Waals surface area contributed by atoms with Gasteiger partial charge in [0.25, 0.3) is 5.88 Å². The van der Waals surface area contributed by atoms with E-state index in [9.17, 15) is 0 Å². The highest BCUT2D eigenvalue weighted by molar-refractivity contribution is 6.30. The van der Waals surface area contributed by atoms with Gasteiger partial charge in [-0.15, -0.1) is 0 Å². The predicted molar refractivity (Wildman–Crippen MR) is 94.1 cm³/mol. The molecule has 0 atom stereocenters. The summed E-state index contributed by atoms with van der Waals surface area (Å²) in [6.07, 6.45) is 0. The summed E-state index contributed by atoms with van der Waals surface area (Å²) >= 11 is 5.94. The number of hydrogen-bond acceptors (Lipinski definition) is 5. The van der Waals surface area contributed by atoms with Crippen LogP contribution in [0.3, 0.4) is 0 Å². The van der Waals surface area contributed by atoms with Crippen LogP contribution in [0.5, 0.6) is 11.6 Å². The highest BCUT2D eigenvalue weighted by Gasteiger charge is 2.20. The number of rotatable bonds is 3. The summed E-state index contributed by atoms with van der Waals surface area (Å²) in [6.45, 7) is 2.89. The second-order valence-electron chi connectivity index (χ2n) is 5.50. The second kappa shape index (κ2) is 6.63. The van der Waals surface area contributed by atoms with E-state index in [4.69, 9.17) is 26.1 Å². The Balaban J connectivity index is 1.76. The lowest BCUT2D eigenvalue weighted by atomic mass is 10.3. The largest absolute Gasteiger partial charge is 0.436 e. The van der Waals surface area contributed by atoms with Crippen molar-refractivity contribution in [3.05, 3.63) is 53.6 Å². The molecule has 3 aromatic rings. The van der Waals surface area contributed by atoms with Gasteiger partial charge >= 0.3 is 0 Å². The van der Waals surface area contributed by atoms with E-state index in [1.54, 1.807) is 12.1 Å². The van der Waals surface area contributed by atoms with Gasteiger partial charge < -0.3 is 14.4 Å². The normalized spacial score (nSPS) is 14.8. The predicted octanol–water partition coefficient (Wildman–Crippen LogP) is 3.91. The molecule has 0 aliphatic carbocycles. The van der Waals surface area contributed by atoms with Gasteiger partial charge in [-0.05, 0) is 36.4 Å². The minimum absolute atomic E-state index is 0.498. The molecular formula is C18H16ClN3O2. The van der Waals surface area contributed by atoms with Crippen LogP contribution in [-0.2, 0) is 4.74 Å². The highest BCUT2D eigenvalue weighted by atomic mass is 35.5. The Kier molecular flexibility index (Phi) is 4.19. The first-order chi connectivity index (χ1) is 11.8. The molecule has 1 aliphatic rings. The molecule has 0 saturated carbocycles. The zero-order chi connectivity index (χ0) is 16.4. The second-order valence-corrected chi connectivity index (χ2v) is 5.93. The third kappa shape index (κ3) is 3.13. The van der Waals surface area contributed by atoms with Crippen LogP contribution in [0.2, 0.25) is 5.02 Å². The van der Waals surface area contributed by atoms with Crippen molar-refractivity contribution in [1.82, 2.24) is 9.97 Å². The van der Waals surface area contributed by atoms with Crippen LogP contribution in [0.4, 0.5) is 5.82 Å². The third-order valence-corrected chi connectivity index (χ3v) is 4.11. The molecule has 0 unspecified atom stereocenters. The van der Waals surface area contributed by atoms with Crippen molar-refractivity contribution in [2.75, 3.05) is 31.2 Å². The number of hydrogen-bond donors (Lipinski definition) is 0. The molecule has 1 fully saturated rings. The lowest BCUT2D eigenvalue weighted by molar-refractivity contribution is 0.122. The van der Waals surface area contributed by atoms with Crippen molar-refractivity contribution in [3.63, 3.8) is 0 Å². The molecule has 5 nitrogen and oxygen atoms in total. The first-order valence-corrected chi connectivity index (χ1v) is 8.20. The van der Waals surface area contributed by atoms with Gasteiger partial charge in [0.15, 0.2) is 5.82 Å². The van der Waals surface area contributed by atoms with Crippen molar-refractivity contribution < 1.29 is 9.47 Å². The minimum Gasteiger partial charge on any atom is -0.436 e. The summed E-state index contributed by atoms with van der Waals surface area (Å²) in [5.41, 5.74) is 1.65. The molecule has 0 N–H and O–H groups in total. The third-order valence-electron chi connectivity index (χ3n) is 3.86. The Morgan fingerprint density at radius 3 is 2.29 bits per heavy atom. The Labute approximate surface area is 144 Å². The molecule has 2 heterocycles. The van der Waals surface area contributed by atoms with E-state index in [0.717, 1.165) is 29.9 Å². The van der Waals surface area contributed by atoms with Gasteiger partial charge in [-0.25, -0.2) is 9.97 Å². The molecule has 1 saturated heterocycles. The van der Waals surface area contributed by atoms with Crippen molar-refractivity contribution in [2.24, 2.45) is 0 Å². The first-order valence-electron chi connectivity index (χ1n) is 7.82. The van der Waals surface area contributed by atoms with Crippen molar-refractivity contribution >= 4 is 28.5 Å². The van der Waals surface area contributed by atoms with E-state index in [0.29, 0.717) is 29.9 Å². The molecule has 0 spiro atoms. The molecule has 1 aromatic heterocycles. The smallest absolute Gasteiger partial charge is 0.263 e. The number of aromatic nitrogens is 2. The number of nitrogens with zero attached hydrogens (tertiary/aromatic N) is 3. The first kappa shape index (κ1) is 15.2. The molecule has 0 amide bonds. The fourth-order valence-electron chi connectivity index (χ4n) is 2.64. The number of morpholine rings is 1. The van der Waals surface area contributed by atoms with Crippen molar-refractivity contribution in [1.29, 1.82) is 0 Å². The molecule has 6 heteroatoms. The summed E-state index contributed by atoms with van der Waals surface area (Å²) in [6, 6.07) is 15.0. The zero-order valence-corrected chi connectivity index (χ0v) is 13.7. The lowest BCUT2D eigenvalue weighted by Crippen LogP contribution is -2.37. The molecule has 2 aromatic carbocycles. The van der Waals surface area contributed by atoms with Crippen LogP contribution in [-0.4, -0.2) is 36.3 Å². The monoisotopic (exact) mass is 341 g/mol.